The lowest BCUT2D eigenvalue weighted by Crippen LogP contribution is -2.45. The molecule has 0 saturated carbocycles. The summed E-state index contributed by atoms with van der Waals surface area (Å²) in [7, 11) is 0. The van der Waals surface area contributed by atoms with Crippen LogP contribution in [0.3, 0.4) is 0 Å². The Morgan fingerprint density at radius 3 is 2.84 bits per heavy atom. The number of nitrogens with zero attached hydrogens (tertiary/aromatic N) is 1. The van der Waals surface area contributed by atoms with Crippen LogP contribution in [-0.4, -0.2) is 59.9 Å². The second-order valence-corrected chi connectivity index (χ2v) is 5.14. The first-order chi connectivity index (χ1) is 9.09. The van der Waals surface area contributed by atoms with E-state index < -0.39 is 18.1 Å². The molecule has 2 aliphatic heterocycles. The van der Waals surface area contributed by atoms with Crippen LogP contribution in [0.4, 0.5) is 0 Å². The Morgan fingerprint density at radius 1 is 1.42 bits per heavy atom. The van der Waals surface area contributed by atoms with E-state index in [9.17, 15) is 9.59 Å². The standard InChI is InChI=1S/C13H21NO5/c1-9(19-8-10-4-3-7-18-10)12(15)14-6-2-5-11(14)13(16)17/h9-11H,2-8H2,1H3,(H,16,17)/t9-,10-,11+/m0/s1. The SMILES string of the molecule is C[C@H](OC[C@@H]1CCCO1)C(=O)N1CCC[C@@H]1C(=O)O. The highest BCUT2D eigenvalue weighted by Crippen LogP contribution is 2.20. The Balaban J connectivity index is 1.82. The van der Waals surface area contributed by atoms with Crippen molar-refractivity contribution >= 4 is 11.9 Å². The van der Waals surface area contributed by atoms with Crippen molar-refractivity contribution in [2.45, 2.75) is 50.9 Å². The largest absolute Gasteiger partial charge is 0.480 e. The van der Waals surface area contributed by atoms with E-state index in [1.54, 1.807) is 6.92 Å². The average molecular weight is 271 g/mol. The van der Waals surface area contributed by atoms with Gasteiger partial charge in [0.25, 0.3) is 5.91 Å². The van der Waals surface area contributed by atoms with Crippen LogP contribution in [0.2, 0.25) is 0 Å². The van der Waals surface area contributed by atoms with Crippen molar-refractivity contribution in [2.75, 3.05) is 19.8 Å². The number of rotatable bonds is 5. The first kappa shape index (κ1) is 14.3. The summed E-state index contributed by atoms with van der Waals surface area (Å²) in [5.41, 5.74) is 0. The molecule has 108 valence electrons. The molecule has 0 radical (unpaired) electrons. The molecule has 6 heteroatoms. The number of aliphatic carboxylic acids is 1. The summed E-state index contributed by atoms with van der Waals surface area (Å²) in [4.78, 5) is 24.6. The summed E-state index contributed by atoms with van der Waals surface area (Å²) < 4.78 is 10.9. The number of carbonyl (C=O) groups excluding carboxylic acids is 1. The van der Waals surface area contributed by atoms with E-state index in [-0.39, 0.29) is 12.0 Å². The minimum Gasteiger partial charge on any atom is -0.480 e. The molecule has 0 aliphatic carbocycles. The molecule has 0 unspecified atom stereocenters. The maximum Gasteiger partial charge on any atom is 0.326 e. The van der Waals surface area contributed by atoms with Crippen LogP contribution in [0.15, 0.2) is 0 Å². The summed E-state index contributed by atoms with van der Waals surface area (Å²) in [5, 5.41) is 9.06. The van der Waals surface area contributed by atoms with Crippen LogP contribution >= 0.6 is 0 Å². The zero-order valence-corrected chi connectivity index (χ0v) is 11.2. The minimum atomic E-state index is -0.933. The Hall–Kier alpha value is -1.14. The van der Waals surface area contributed by atoms with E-state index in [0.29, 0.717) is 19.6 Å². The molecule has 2 heterocycles. The highest BCUT2D eigenvalue weighted by atomic mass is 16.5. The number of amides is 1. The van der Waals surface area contributed by atoms with Gasteiger partial charge in [-0.1, -0.05) is 0 Å². The van der Waals surface area contributed by atoms with Crippen molar-refractivity contribution in [3.8, 4) is 0 Å². The number of carbonyl (C=O) groups is 2. The minimum absolute atomic E-state index is 0.0732. The molecule has 0 aromatic carbocycles. The van der Waals surface area contributed by atoms with Crippen molar-refractivity contribution < 1.29 is 24.2 Å². The van der Waals surface area contributed by atoms with Crippen LogP contribution < -0.4 is 0 Å². The second-order valence-electron chi connectivity index (χ2n) is 5.14. The van der Waals surface area contributed by atoms with Gasteiger partial charge in [0.05, 0.1) is 12.7 Å². The summed E-state index contributed by atoms with van der Waals surface area (Å²) in [6.07, 6.45) is 2.72. The fraction of sp³-hybridized carbons (Fsp3) is 0.846. The van der Waals surface area contributed by atoms with Gasteiger partial charge in [0.15, 0.2) is 0 Å². The van der Waals surface area contributed by atoms with Crippen LogP contribution in [0.1, 0.15) is 32.6 Å². The smallest absolute Gasteiger partial charge is 0.326 e. The number of carboxylic acids is 1. The predicted molar refractivity (Wildman–Crippen MR) is 66.8 cm³/mol. The fourth-order valence-electron chi connectivity index (χ4n) is 2.62. The molecule has 0 aromatic heterocycles. The molecule has 1 N–H and O–H groups in total. The van der Waals surface area contributed by atoms with E-state index in [4.69, 9.17) is 14.6 Å². The lowest BCUT2D eigenvalue weighted by molar-refractivity contribution is -0.154. The summed E-state index contributed by atoms with van der Waals surface area (Å²) >= 11 is 0. The van der Waals surface area contributed by atoms with Gasteiger partial charge in [0.2, 0.25) is 0 Å². The first-order valence-electron chi connectivity index (χ1n) is 6.86. The Kier molecular flexibility index (Phi) is 4.76. The Labute approximate surface area is 112 Å². The lowest BCUT2D eigenvalue weighted by Gasteiger charge is -2.25. The number of likely N-dealkylation sites (tertiary alicyclic amines) is 1. The van der Waals surface area contributed by atoms with Gasteiger partial charge in [-0.3, -0.25) is 4.79 Å². The zero-order valence-electron chi connectivity index (χ0n) is 11.2. The lowest BCUT2D eigenvalue weighted by atomic mass is 10.2. The third kappa shape index (κ3) is 3.45. The van der Waals surface area contributed by atoms with Gasteiger partial charge in [-0.05, 0) is 32.6 Å². The van der Waals surface area contributed by atoms with Crippen LogP contribution in [0, 0.1) is 0 Å². The Bertz CT molecular complexity index is 340. The molecule has 0 bridgehead atoms. The van der Waals surface area contributed by atoms with Crippen molar-refractivity contribution in [1.29, 1.82) is 0 Å². The molecule has 0 aromatic rings. The first-order valence-corrected chi connectivity index (χ1v) is 6.86. The third-order valence-corrected chi connectivity index (χ3v) is 3.72. The van der Waals surface area contributed by atoms with E-state index in [0.717, 1.165) is 25.9 Å². The molecule has 6 nitrogen and oxygen atoms in total. The van der Waals surface area contributed by atoms with Gasteiger partial charge in [0.1, 0.15) is 12.1 Å². The highest BCUT2D eigenvalue weighted by Gasteiger charge is 2.36. The van der Waals surface area contributed by atoms with Crippen molar-refractivity contribution in [3.63, 3.8) is 0 Å². The van der Waals surface area contributed by atoms with Gasteiger partial charge in [-0.25, -0.2) is 4.79 Å². The van der Waals surface area contributed by atoms with Gasteiger partial charge in [-0.15, -0.1) is 0 Å². The van der Waals surface area contributed by atoms with Crippen LogP contribution in [0.5, 0.6) is 0 Å². The number of carboxylic acid groups (broad SMARTS) is 1. The van der Waals surface area contributed by atoms with E-state index >= 15 is 0 Å². The molecule has 0 spiro atoms. The molecule has 2 fully saturated rings. The van der Waals surface area contributed by atoms with Gasteiger partial charge < -0.3 is 19.5 Å². The molecule has 19 heavy (non-hydrogen) atoms. The van der Waals surface area contributed by atoms with Crippen molar-refractivity contribution in [3.05, 3.63) is 0 Å². The van der Waals surface area contributed by atoms with Crippen LogP contribution in [0.25, 0.3) is 0 Å². The Morgan fingerprint density at radius 2 is 2.21 bits per heavy atom. The molecule has 2 aliphatic rings. The highest BCUT2D eigenvalue weighted by molar-refractivity contribution is 5.86. The van der Waals surface area contributed by atoms with Crippen molar-refractivity contribution in [2.24, 2.45) is 0 Å². The maximum atomic E-state index is 12.2. The summed E-state index contributed by atoms with van der Waals surface area (Å²) in [6.45, 7) is 3.33. The number of hydrogen-bond donors (Lipinski definition) is 1. The summed E-state index contributed by atoms with van der Waals surface area (Å²) in [6, 6.07) is -0.693. The topological polar surface area (TPSA) is 76.1 Å². The van der Waals surface area contributed by atoms with Gasteiger partial charge in [0, 0.05) is 13.2 Å². The molecular formula is C13H21NO5. The van der Waals surface area contributed by atoms with E-state index in [2.05, 4.69) is 0 Å². The predicted octanol–water partition coefficient (Wildman–Crippen LogP) is 0.646. The molecular weight excluding hydrogens is 250 g/mol. The molecule has 2 rings (SSSR count). The van der Waals surface area contributed by atoms with Crippen LogP contribution in [-0.2, 0) is 19.1 Å². The number of ether oxygens (including phenoxy) is 2. The monoisotopic (exact) mass is 271 g/mol. The van der Waals surface area contributed by atoms with Gasteiger partial charge >= 0.3 is 5.97 Å². The van der Waals surface area contributed by atoms with E-state index in [1.807, 2.05) is 0 Å². The second kappa shape index (κ2) is 6.34. The molecule has 3 atom stereocenters. The third-order valence-electron chi connectivity index (χ3n) is 3.72. The normalized spacial score (nSPS) is 28.6. The average Bonchev–Trinajstić information content (AvgIpc) is 3.05. The number of hydrogen-bond acceptors (Lipinski definition) is 4. The fourth-order valence-corrected chi connectivity index (χ4v) is 2.62. The summed E-state index contributed by atoms with van der Waals surface area (Å²) in [5.74, 6) is -1.17. The van der Waals surface area contributed by atoms with Gasteiger partial charge in [-0.2, -0.15) is 0 Å². The quantitative estimate of drug-likeness (QED) is 0.794. The zero-order chi connectivity index (χ0) is 13.8. The molecule has 1 amide bonds. The molecule has 2 saturated heterocycles. The van der Waals surface area contributed by atoms with E-state index in [1.165, 1.54) is 4.90 Å². The maximum absolute atomic E-state index is 12.2. The van der Waals surface area contributed by atoms with Crippen molar-refractivity contribution in [1.82, 2.24) is 4.90 Å².